The average molecular weight is 264 g/mol. The topological polar surface area (TPSA) is 34.1 Å². The van der Waals surface area contributed by atoms with Gasteiger partial charge in [0.25, 0.3) is 0 Å². The fraction of sp³-hybridized carbons (Fsp3) is 0.600. The maximum absolute atomic E-state index is 12.8. The second-order valence-electron chi connectivity index (χ2n) is 5.90. The van der Waals surface area contributed by atoms with Crippen LogP contribution in [-0.4, -0.2) is 13.7 Å². The van der Waals surface area contributed by atoms with Crippen molar-refractivity contribution in [1.82, 2.24) is 0 Å². The van der Waals surface area contributed by atoms with Crippen LogP contribution in [-0.2, 0) is 16.3 Å². The van der Waals surface area contributed by atoms with Gasteiger partial charge in [-0.25, -0.2) is 8.42 Å². The zero-order valence-electron chi connectivity index (χ0n) is 11.1. The van der Waals surface area contributed by atoms with Gasteiger partial charge >= 0.3 is 0 Å². The van der Waals surface area contributed by atoms with Gasteiger partial charge in [-0.3, -0.25) is 0 Å². The molecule has 1 saturated carbocycles. The molecule has 3 rings (SSSR count). The summed E-state index contributed by atoms with van der Waals surface area (Å²) in [5, 5.41) is -0.111. The van der Waals surface area contributed by atoms with Crippen molar-refractivity contribution in [3.8, 4) is 0 Å². The molecule has 0 radical (unpaired) electrons. The molecule has 1 heterocycles. The Kier molecular flexibility index (Phi) is 2.77. The minimum atomic E-state index is -3.09. The Labute approximate surface area is 109 Å². The lowest BCUT2D eigenvalue weighted by molar-refractivity contribution is 0.344. The quantitative estimate of drug-likeness (QED) is 0.721. The Morgan fingerprint density at radius 2 is 1.83 bits per heavy atom. The average Bonchev–Trinajstić information content (AvgIpc) is 2.27. The lowest BCUT2D eigenvalue weighted by atomic mass is 9.83. The molecule has 2 aliphatic rings. The van der Waals surface area contributed by atoms with E-state index in [1.165, 1.54) is 12.0 Å². The molecule has 1 fully saturated rings. The Hall–Kier alpha value is -0.830. The van der Waals surface area contributed by atoms with Crippen molar-refractivity contribution in [3.63, 3.8) is 0 Å². The highest BCUT2D eigenvalue weighted by molar-refractivity contribution is 7.92. The van der Waals surface area contributed by atoms with Crippen molar-refractivity contribution in [2.75, 3.05) is 0 Å². The predicted molar refractivity (Wildman–Crippen MR) is 72.6 cm³/mol. The van der Waals surface area contributed by atoms with Gasteiger partial charge in [0.2, 0.25) is 0 Å². The van der Waals surface area contributed by atoms with Gasteiger partial charge in [0, 0.05) is 0 Å². The third-order valence-electron chi connectivity index (χ3n) is 4.50. The molecule has 0 saturated heterocycles. The van der Waals surface area contributed by atoms with Crippen molar-refractivity contribution in [2.24, 2.45) is 5.92 Å². The van der Waals surface area contributed by atoms with Gasteiger partial charge in [-0.05, 0) is 50.2 Å². The summed E-state index contributed by atoms with van der Waals surface area (Å²) in [5.74, 6) is 0.359. The SMILES string of the molecule is Cc1cc(C)c2c(c1)CC1CCCCC1S2(=O)=O. The van der Waals surface area contributed by atoms with Gasteiger partial charge in [0.05, 0.1) is 10.1 Å². The summed E-state index contributed by atoms with van der Waals surface area (Å²) in [6.07, 6.45) is 5.16. The van der Waals surface area contributed by atoms with Crippen molar-refractivity contribution >= 4 is 9.84 Å². The van der Waals surface area contributed by atoms with Crippen LogP contribution in [0.4, 0.5) is 0 Å². The maximum atomic E-state index is 12.8. The molecule has 2 nitrogen and oxygen atoms in total. The molecule has 3 heteroatoms. The minimum absolute atomic E-state index is 0.111. The fourth-order valence-electron chi connectivity index (χ4n) is 3.85. The van der Waals surface area contributed by atoms with Gasteiger partial charge in [-0.1, -0.05) is 30.5 Å². The third-order valence-corrected chi connectivity index (χ3v) is 7.07. The molecule has 2 unspecified atom stereocenters. The second kappa shape index (κ2) is 4.09. The van der Waals surface area contributed by atoms with E-state index in [-0.39, 0.29) is 5.25 Å². The largest absolute Gasteiger partial charge is 0.223 e. The summed E-state index contributed by atoms with van der Waals surface area (Å²) >= 11 is 0. The van der Waals surface area contributed by atoms with E-state index in [1.54, 1.807) is 0 Å². The molecule has 98 valence electrons. The fourth-order valence-corrected chi connectivity index (χ4v) is 6.38. The van der Waals surface area contributed by atoms with Gasteiger partial charge in [0.15, 0.2) is 9.84 Å². The number of rotatable bonds is 0. The molecule has 0 N–H and O–H groups in total. The van der Waals surface area contributed by atoms with E-state index < -0.39 is 9.84 Å². The minimum Gasteiger partial charge on any atom is -0.223 e. The van der Waals surface area contributed by atoms with E-state index >= 15 is 0 Å². The highest BCUT2D eigenvalue weighted by Gasteiger charge is 2.42. The smallest absolute Gasteiger partial charge is 0.182 e. The van der Waals surface area contributed by atoms with E-state index in [0.717, 1.165) is 36.8 Å². The summed E-state index contributed by atoms with van der Waals surface area (Å²) in [6.45, 7) is 3.99. The van der Waals surface area contributed by atoms with Crippen LogP contribution in [0.15, 0.2) is 17.0 Å². The van der Waals surface area contributed by atoms with Crippen molar-refractivity contribution in [2.45, 2.75) is 56.1 Å². The first-order valence-corrected chi connectivity index (χ1v) is 8.39. The number of benzene rings is 1. The molecule has 0 spiro atoms. The van der Waals surface area contributed by atoms with Gasteiger partial charge < -0.3 is 0 Å². The number of hydrogen-bond acceptors (Lipinski definition) is 2. The molecule has 1 aromatic rings. The lowest BCUT2D eigenvalue weighted by Crippen LogP contribution is -2.38. The summed E-state index contributed by atoms with van der Waals surface area (Å²) in [4.78, 5) is 0.649. The number of aryl methyl sites for hydroxylation is 2. The molecule has 18 heavy (non-hydrogen) atoms. The highest BCUT2D eigenvalue weighted by atomic mass is 32.2. The van der Waals surface area contributed by atoms with Crippen LogP contribution in [0, 0.1) is 19.8 Å². The summed E-state index contributed by atoms with van der Waals surface area (Å²) in [6, 6.07) is 4.07. The second-order valence-corrected chi connectivity index (χ2v) is 8.01. The Bertz CT molecular complexity index is 587. The first-order valence-electron chi connectivity index (χ1n) is 6.84. The molecular formula is C15H20O2S. The molecule has 0 amide bonds. The summed E-state index contributed by atoms with van der Waals surface area (Å²) in [5.41, 5.74) is 3.18. The first kappa shape index (κ1) is 12.2. The van der Waals surface area contributed by atoms with E-state index in [1.807, 2.05) is 19.9 Å². The van der Waals surface area contributed by atoms with Crippen LogP contribution in [0.5, 0.6) is 0 Å². The molecule has 1 aliphatic heterocycles. The highest BCUT2D eigenvalue weighted by Crippen LogP contribution is 2.42. The van der Waals surface area contributed by atoms with Crippen molar-refractivity contribution in [1.29, 1.82) is 0 Å². The normalized spacial score (nSPS) is 29.4. The van der Waals surface area contributed by atoms with Crippen molar-refractivity contribution < 1.29 is 8.42 Å². The van der Waals surface area contributed by atoms with Crippen LogP contribution in [0.3, 0.4) is 0 Å². The molecule has 1 aromatic carbocycles. The zero-order valence-corrected chi connectivity index (χ0v) is 11.9. The van der Waals surface area contributed by atoms with E-state index in [4.69, 9.17) is 0 Å². The molecule has 0 bridgehead atoms. The Morgan fingerprint density at radius 3 is 2.61 bits per heavy atom. The van der Waals surface area contributed by atoms with E-state index in [9.17, 15) is 8.42 Å². The Morgan fingerprint density at radius 1 is 1.11 bits per heavy atom. The number of sulfone groups is 1. The number of hydrogen-bond donors (Lipinski definition) is 0. The van der Waals surface area contributed by atoms with Crippen LogP contribution < -0.4 is 0 Å². The monoisotopic (exact) mass is 264 g/mol. The van der Waals surface area contributed by atoms with Gasteiger partial charge in [-0.2, -0.15) is 0 Å². The van der Waals surface area contributed by atoms with Crippen LogP contribution in [0.25, 0.3) is 0 Å². The summed E-state index contributed by atoms with van der Waals surface area (Å²) in [7, 11) is -3.09. The third kappa shape index (κ3) is 1.71. The lowest BCUT2D eigenvalue weighted by Gasteiger charge is -2.36. The van der Waals surface area contributed by atoms with Crippen LogP contribution in [0.2, 0.25) is 0 Å². The first-order chi connectivity index (χ1) is 8.50. The molecular weight excluding hydrogens is 244 g/mol. The molecule has 0 aromatic heterocycles. The van der Waals surface area contributed by atoms with Gasteiger partial charge in [-0.15, -0.1) is 0 Å². The Balaban J connectivity index is 2.21. The van der Waals surface area contributed by atoms with Crippen LogP contribution in [0.1, 0.15) is 42.4 Å². The molecule has 2 atom stereocenters. The number of fused-ring (bicyclic) bond motifs is 2. The standard InChI is InChI=1S/C15H20O2S/c1-10-7-11(2)15-13(8-10)9-12-5-3-4-6-14(12)18(15,16)17/h7-8,12,14H,3-6,9H2,1-2H3. The molecule has 1 aliphatic carbocycles. The van der Waals surface area contributed by atoms with Gasteiger partial charge in [0.1, 0.15) is 0 Å². The zero-order chi connectivity index (χ0) is 12.9. The van der Waals surface area contributed by atoms with Crippen molar-refractivity contribution in [3.05, 3.63) is 28.8 Å². The predicted octanol–water partition coefficient (Wildman–Crippen LogP) is 3.19. The van der Waals surface area contributed by atoms with E-state index in [0.29, 0.717) is 10.8 Å². The van der Waals surface area contributed by atoms with E-state index in [2.05, 4.69) is 6.07 Å². The van der Waals surface area contributed by atoms with Crippen LogP contribution >= 0.6 is 0 Å². The maximum Gasteiger partial charge on any atom is 0.182 e. The summed E-state index contributed by atoms with van der Waals surface area (Å²) < 4.78 is 25.5.